The van der Waals surface area contributed by atoms with Gasteiger partial charge in [0.25, 0.3) is 0 Å². The summed E-state index contributed by atoms with van der Waals surface area (Å²) in [6, 6.07) is 4.72. The molecule has 1 fully saturated rings. The summed E-state index contributed by atoms with van der Waals surface area (Å²) in [5, 5.41) is 14.8. The summed E-state index contributed by atoms with van der Waals surface area (Å²) in [6.07, 6.45) is 0.786. The molecule has 0 atom stereocenters. The second-order valence-corrected chi connectivity index (χ2v) is 6.68. The van der Waals surface area contributed by atoms with Gasteiger partial charge in [0.15, 0.2) is 0 Å². The minimum Gasteiger partial charge on any atom is -0.478 e. The van der Waals surface area contributed by atoms with E-state index in [2.05, 4.69) is 20.4 Å². The average molecular weight is 392 g/mol. The molecule has 1 aromatic rings. The van der Waals surface area contributed by atoms with E-state index in [1.165, 1.54) is 19.1 Å². The van der Waals surface area contributed by atoms with Gasteiger partial charge in [-0.25, -0.2) is 4.79 Å². The van der Waals surface area contributed by atoms with Crippen LogP contribution in [0, 0.1) is 0 Å². The number of benzene rings is 1. The maximum atomic E-state index is 12.0. The van der Waals surface area contributed by atoms with Gasteiger partial charge in [0, 0.05) is 53.4 Å². The number of methoxy groups -OCH3 is 1. The van der Waals surface area contributed by atoms with E-state index in [1.54, 1.807) is 13.2 Å². The summed E-state index contributed by atoms with van der Waals surface area (Å²) < 4.78 is 4.96. The second kappa shape index (κ2) is 10.6. The summed E-state index contributed by atoms with van der Waals surface area (Å²) >= 11 is 0. The molecule has 3 N–H and O–H groups in total. The lowest BCUT2D eigenvalue weighted by atomic mass is 10.1. The van der Waals surface area contributed by atoms with E-state index < -0.39 is 5.97 Å². The predicted octanol–water partition coefficient (Wildman–Crippen LogP) is 0.618. The molecule has 9 heteroatoms. The van der Waals surface area contributed by atoms with Gasteiger partial charge < -0.3 is 25.4 Å². The van der Waals surface area contributed by atoms with Crippen LogP contribution < -0.4 is 15.5 Å². The van der Waals surface area contributed by atoms with Gasteiger partial charge in [-0.3, -0.25) is 14.5 Å². The highest BCUT2D eigenvalue weighted by molar-refractivity contribution is 5.96. The Labute approximate surface area is 164 Å². The number of hydrogen-bond donors (Lipinski definition) is 3. The molecule has 0 bridgehead atoms. The zero-order valence-corrected chi connectivity index (χ0v) is 16.4. The van der Waals surface area contributed by atoms with E-state index in [0.29, 0.717) is 51.6 Å². The summed E-state index contributed by atoms with van der Waals surface area (Å²) in [4.78, 5) is 38.9. The molecule has 2 rings (SSSR count). The van der Waals surface area contributed by atoms with Gasteiger partial charge in [-0.1, -0.05) is 0 Å². The van der Waals surface area contributed by atoms with Gasteiger partial charge in [0.05, 0.1) is 23.5 Å². The van der Waals surface area contributed by atoms with Crippen molar-refractivity contribution in [1.29, 1.82) is 0 Å². The molecular weight excluding hydrogens is 364 g/mol. The molecule has 0 saturated carbocycles. The molecule has 2 amide bonds. The number of aromatic carboxylic acids is 1. The van der Waals surface area contributed by atoms with E-state index in [4.69, 9.17) is 4.74 Å². The van der Waals surface area contributed by atoms with Crippen molar-refractivity contribution in [3.05, 3.63) is 23.8 Å². The fourth-order valence-electron chi connectivity index (χ4n) is 3.08. The zero-order chi connectivity index (χ0) is 20.5. The molecule has 0 spiro atoms. The van der Waals surface area contributed by atoms with Crippen LogP contribution in [0.2, 0.25) is 0 Å². The number of amides is 2. The Morgan fingerprint density at radius 1 is 1.18 bits per heavy atom. The summed E-state index contributed by atoms with van der Waals surface area (Å²) in [5.41, 5.74) is 1.39. The van der Waals surface area contributed by atoms with Crippen molar-refractivity contribution in [2.24, 2.45) is 0 Å². The second-order valence-electron chi connectivity index (χ2n) is 6.68. The predicted molar refractivity (Wildman–Crippen MR) is 106 cm³/mol. The number of carbonyl (C=O) groups is 3. The smallest absolute Gasteiger partial charge is 0.335 e. The average Bonchev–Trinajstić information content (AvgIpc) is 2.65. The number of carboxylic acid groups (broad SMARTS) is 1. The van der Waals surface area contributed by atoms with Gasteiger partial charge in [-0.2, -0.15) is 0 Å². The quantitative estimate of drug-likeness (QED) is 0.528. The first-order valence-electron chi connectivity index (χ1n) is 9.28. The molecule has 154 valence electrons. The van der Waals surface area contributed by atoms with E-state index >= 15 is 0 Å². The number of piperazine rings is 1. The highest BCUT2D eigenvalue weighted by Crippen LogP contribution is 2.28. The fourth-order valence-corrected chi connectivity index (χ4v) is 3.08. The lowest BCUT2D eigenvalue weighted by Gasteiger charge is -2.36. The van der Waals surface area contributed by atoms with Crippen molar-refractivity contribution in [2.45, 2.75) is 13.3 Å². The van der Waals surface area contributed by atoms with E-state index in [0.717, 1.165) is 12.1 Å². The number of rotatable bonds is 9. The Hall–Kier alpha value is -2.65. The van der Waals surface area contributed by atoms with Crippen LogP contribution in [0.3, 0.4) is 0 Å². The summed E-state index contributed by atoms with van der Waals surface area (Å²) in [7, 11) is 1.63. The number of nitrogens with one attached hydrogen (secondary N) is 2. The van der Waals surface area contributed by atoms with Crippen LogP contribution in [0.5, 0.6) is 0 Å². The first-order chi connectivity index (χ1) is 13.4. The van der Waals surface area contributed by atoms with Gasteiger partial charge in [0.2, 0.25) is 11.8 Å². The molecule has 0 aromatic heterocycles. The standard InChI is InChI=1S/C19H28N4O5/c1-14(24)21-16-12-15(19(26)27)4-5-17(16)23-9-7-22(8-10-23)13-18(25)20-6-3-11-28-2/h4-5,12H,3,6-11,13H2,1-2H3,(H,20,25)(H,21,24)(H,26,27). The summed E-state index contributed by atoms with van der Waals surface area (Å²) in [6.45, 7) is 5.71. The van der Waals surface area contributed by atoms with Gasteiger partial charge in [0.1, 0.15) is 0 Å². The number of hydrogen-bond acceptors (Lipinski definition) is 6. The minimum absolute atomic E-state index is 0.00528. The molecular formula is C19H28N4O5. The molecule has 0 aliphatic carbocycles. The monoisotopic (exact) mass is 392 g/mol. The molecule has 1 aliphatic heterocycles. The van der Waals surface area contributed by atoms with Crippen molar-refractivity contribution in [2.75, 3.05) is 63.2 Å². The third-order valence-electron chi connectivity index (χ3n) is 4.48. The van der Waals surface area contributed by atoms with Gasteiger partial charge in [-0.15, -0.1) is 0 Å². The lowest BCUT2D eigenvalue weighted by molar-refractivity contribution is -0.122. The Morgan fingerprint density at radius 3 is 2.50 bits per heavy atom. The first kappa shape index (κ1) is 21.6. The number of nitrogens with zero attached hydrogens (tertiary/aromatic N) is 2. The Morgan fingerprint density at radius 2 is 1.89 bits per heavy atom. The largest absolute Gasteiger partial charge is 0.478 e. The molecule has 1 heterocycles. The van der Waals surface area contributed by atoms with Crippen molar-refractivity contribution in [3.63, 3.8) is 0 Å². The van der Waals surface area contributed by atoms with Crippen molar-refractivity contribution in [3.8, 4) is 0 Å². The molecule has 1 aromatic carbocycles. The highest BCUT2D eigenvalue weighted by Gasteiger charge is 2.22. The normalized spacial score (nSPS) is 14.6. The van der Waals surface area contributed by atoms with Crippen molar-refractivity contribution >= 4 is 29.2 Å². The number of ether oxygens (including phenoxy) is 1. The van der Waals surface area contributed by atoms with Gasteiger partial charge >= 0.3 is 5.97 Å². The number of carbonyl (C=O) groups excluding carboxylic acids is 2. The summed E-state index contributed by atoms with van der Waals surface area (Å²) in [5.74, 6) is -1.30. The van der Waals surface area contributed by atoms with Crippen LogP contribution in [0.15, 0.2) is 18.2 Å². The minimum atomic E-state index is -1.04. The molecule has 1 saturated heterocycles. The first-order valence-corrected chi connectivity index (χ1v) is 9.28. The highest BCUT2D eigenvalue weighted by atomic mass is 16.5. The Balaban J connectivity index is 1.92. The van der Waals surface area contributed by atoms with Gasteiger partial charge in [-0.05, 0) is 24.6 Å². The Kier molecular flexibility index (Phi) is 8.21. The van der Waals surface area contributed by atoms with Crippen LogP contribution in [0.4, 0.5) is 11.4 Å². The molecule has 1 aliphatic rings. The van der Waals surface area contributed by atoms with Crippen LogP contribution in [-0.4, -0.2) is 80.8 Å². The lowest BCUT2D eigenvalue weighted by Crippen LogP contribution is -2.49. The van der Waals surface area contributed by atoms with Crippen LogP contribution >= 0.6 is 0 Å². The molecule has 9 nitrogen and oxygen atoms in total. The fraction of sp³-hybridized carbons (Fsp3) is 0.526. The van der Waals surface area contributed by atoms with Crippen molar-refractivity contribution < 1.29 is 24.2 Å². The number of anilines is 2. The molecule has 28 heavy (non-hydrogen) atoms. The van der Waals surface area contributed by atoms with Crippen LogP contribution in [-0.2, 0) is 14.3 Å². The third-order valence-corrected chi connectivity index (χ3v) is 4.48. The molecule has 0 radical (unpaired) electrons. The topological polar surface area (TPSA) is 111 Å². The Bertz CT molecular complexity index is 702. The van der Waals surface area contributed by atoms with Crippen LogP contribution in [0.25, 0.3) is 0 Å². The zero-order valence-electron chi connectivity index (χ0n) is 16.4. The van der Waals surface area contributed by atoms with E-state index in [9.17, 15) is 19.5 Å². The van der Waals surface area contributed by atoms with Crippen molar-refractivity contribution in [1.82, 2.24) is 10.2 Å². The number of carboxylic acids is 1. The van der Waals surface area contributed by atoms with E-state index in [-0.39, 0.29) is 17.4 Å². The maximum absolute atomic E-state index is 12.0. The maximum Gasteiger partial charge on any atom is 0.335 e. The van der Waals surface area contributed by atoms with Crippen LogP contribution in [0.1, 0.15) is 23.7 Å². The van der Waals surface area contributed by atoms with E-state index in [1.807, 2.05) is 0 Å². The SMILES string of the molecule is COCCCNC(=O)CN1CCN(c2ccc(C(=O)O)cc2NC(C)=O)CC1. The molecule has 0 unspecified atom stereocenters. The third kappa shape index (κ3) is 6.50.